The molecule has 1 amide bonds. The van der Waals surface area contributed by atoms with Crippen molar-refractivity contribution in [3.05, 3.63) is 87.6 Å². The molecule has 42 heavy (non-hydrogen) atoms. The summed E-state index contributed by atoms with van der Waals surface area (Å²) in [6.07, 6.45) is 0.454. The lowest BCUT2D eigenvalue weighted by Crippen LogP contribution is -2.29. The smallest absolute Gasteiger partial charge is 0.407 e. The van der Waals surface area contributed by atoms with Crippen molar-refractivity contribution in [3.8, 4) is 39.9 Å². The van der Waals surface area contributed by atoms with E-state index in [4.69, 9.17) is 28.4 Å². The molecule has 0 aromatic heterocycles. The SMILES string of the molecule is COc1ccc2c(COC(=O)NC3CCc4cc(OC)c(OC)c(OC)c4-c4ccc(OC)c(=O)cc43)cccc2c1. The highest BCUT2D eigenvalue weighted by Crippen LogP contribution is 2.50. The van der Waals surface area contributed by atoms with E-state index < -0.39 is 12.1 Å². The summed E-state index contributed by atoms with van der Waals surface area (Å²) >= 11 is 0. The van der Waals surface area contributed by atoms with Gasteiger partial charge in [0.25, 0.3) is 0 Å². The third kappa shape index (κ3) is 5.37. The van der Waals surface area contributed by atoms with Crippen LogP contribution in [0.25, 0.3) is 21.9 Å². The molecular formula is C33H33NO8. The molecule has 1 unspecified atom stereocenters. The summed E-state index contributed by atoms with van der Waals surface area (Å²) < 4.78 is 33.4. The van der Waals surface area contributed by atoms with Gasteiger partial charge in [0.2, 0.25) is 11.2 Å². The van der Waals surface area contributed by atoms with E-state index in [1.807, 2.05) is 42.5 Å². The summed E-state index contributed by atoms with van der Waals surface area (Å²) in [6.45, 7) is 0.0702. The first-order valence-corrected chi connectivity index (χ1v) is 13.5. The molecular weight excluding hydrogens is 538 g/mol. The molecule has 4 aromatic rings. The molecule has 0 bridgehead atoms. The summed E-state index contributed by atoms with van der Waals surface area (Å²) in [7, 11) is 7.73. The van der Waals surface area contributed by atoms with E-state index >= 15 is 0 Å². The second-order valence-electron chi connectivity index (χ2n) is 9.77. The molecule has 0 fully saturated rings. The zero-order valence-electron chi connectivity index (χ0n) is 24.2. The molecule has 5 rings (SSSR count). The second-order valence-corrected chi connectivity index (χ2v) is 9.77. The van der Waals surface area contributed by atoms with Gasteiger partial charge in [-0.25, -0.2) is 4.79 Å². The van der Waals surface area contributed by atoms with E-state index in [1.54, 1.807) is 40.6 Å². The van der Waals surface area contributed by atoms with E-state index in [0.717, 1.165) is 33.2 Å². The Kier molecular flexibility index (Phi) is 8.38. The fraction of sp³-hybridized carbons (Fsp3) is 0.273. The third-order valence-electron chi connectivity index (χ3n) is 7.55. The molecule has 1 aliphatic carbocycles. The molecule has 0 radical (unpaired) electrons. The van der Waals surface area contributed by atoms with E-state index in [1.165, 1.54) is 13.2 Å². The van der Waals surface area contributed by atoms with Gasteiger partial charge in [-0.15, -0.1) is 0 Å². The normalized spacial score (nSPS) is 13.7. The molecule has 218 valence electrons. The predicted molar refractivity (Wildman–Crippen MR) is 159 cm³/mol. The zero-order chi connectivity index (χ0) is 29.8. The van der Waals surface area contributed by atoms with Crippen molar-refractivity contribution in [2.24, 2.45) is 0 Å². The molecule has 1 atom stereocenters. The first-order chi connectivity index (χ1) is 20.4. The van der Waals surface area contributed by atoms with E-state index in [2.05, 4.69) is 5.32 Å². The maximum Gasteiger partial charge on any atom is 0.407 e. The van der Waals surface area contributed by atoms with Crippen LogP contribution in [0.2, 0.25) is 0 Å². The molecule has 0 aliphatic heterocycles. The van der Waals surface area contributed by atoms with Crippen molar-refractivity contribution < 1.29 is 33.2 Å². The van der Waals surface area contributed by atoms with Crippen LogP contribution < -0.4 is 34.4 Å². The van der Waals surface area contributed by atoms with Gasteiger partial charge < -0.3 is 33.7 Å². The maximum absolute atomic E-state index is 13.2. The van der Waals surface area contributed by atoms with Crippen molar-refractivity contribution in [1.29, 1.82) is 0 Å². The summed E-state index contributed by atoms with van der Waals surface area (Å²) in [5.41, 5.74) is 3.54. The quantitative estimate of drug-likeness (QED) is 0.282. The Morgan fingerprint density at radius 3 is 2.33 bits per heavy atom. The Hall–Kier alpha value is -4.92. The van der Waals surface area contributed by atoms with Crippen molar-refractivity contribution in [3.63, 3.8) is 0 Å². The summed E-state index contributed by atoms with van der Waals surface area (Å²) in [5, 5.41) is 4.94. The van der Waals surface area contributed by atoms with Crippen LogP contribution in [0.15, 0.2) is 65.5 Å². The van der Waals surface area contributed by atoms with Crippen LogP contribution in [0, 0.1) is 0 Å². The van der Waals surface area contributed by atoms with Gasteiger partial charge in [-0.05, 0) is 76.2 Å². The number of carbonyl (C=O) groups excluding carboxylic acids is 1. The minimum atomic E-state index is -0.601. The molecule has 9 nitrogen and oxygen atoms in total. The number of hydrogen-bond acceptors (Lipinski definition) is 8. The average molecular weight is 572 g/mol. The van der Waals surface area contributed by atoms with Gasteiger partial charge in [0.1, 0.15) is 12.4 Å². The molecule has 0 spiro atoms. The molecule has 1 aliphatic rings. The number of amides is 1. The Labute approximate surface area is 243 Å². The number of alkyl carbamates (subject to hydrolysis) is 1. The molecule has 4 aromatic carbocycles. The monoisotopic (exact) mass is 571 g/mol. The van der Waals surface area contributed by atoms with Gasteiger partial charge in [0, 0.05) is 5.56 Å². The molecule has 0 heterocycles. The number of benzene rings is 3. The minimum Gasteiger partial charge on any atom is -0.497 e. The number of rotatable bonds is 8. The third-order valence-corrected chi connectivity index (χ3v) is 7.55. The van der Waals surface area contributed by atoms with Gasteiger partial charge in [-0.3, -0.25) is 4.79 Å². The Balaban J connectivity index is 1.50. The Morgan fingerprint density at radius 1 is 0.833 bits per heavy atom. The van der Waals surface area contributed by atoms with Crippen LogP contribution >= 0.6 is 0 Å². The Bertz CT molecular complexity index is 1700. The lowest BCUT2D eigenvalue weighted by Gasteiger charge is -2.20. The predicted octanol–water partition coefficient (Wildman–Crippen LogP) is 5.82. The van der Waals surface area contributed by atoms with Gasteiger partial charge in [0.05, 0.1) is 41.6 Å². The summed E-state index contributed by atoms with van der Waals surface area (Å²) in [6, 6.07) is 17.9. The zero-order valence-corrected chi connectivity index (χ0v) is 24.2. The topological polar surface area (TPSA) is 102 Å². The summed E-state index contributed by atoms with van der Waals surface area (Å²) in [4.78, 5) is 26.3. The fourth-order valence-electron chi connectivity index (χ4n) is 5.53. The van der Waals surface area contributed by atoms with Gasteiger partial charge >= 0.3 is 6.09 Å². The highest BCUT2D eigenvalue weighted by molar-refractivity contribution is 5.87. The van der Waals surface area contributed by atoms with Crippen molar-refractivity contribution >= 4 is 16.9 Å². The average Bonchev–Trinajstić information content (AvgIpc) is 3.26. The highest BCUT2D eigenvalue weighted by Gasteiger charge is 2.30. The van der Waals surface area contributed by atoms with E-state index in [9.17, 15) is 9.59 Å². The number of aryl methyl sites for hydroxylation is 1. The fourth-order valence-corrected chi connectivity index (χ4v) is 5.53. The van der Waals surface area contributed by atoms with Crippen LogP contribution in [-0.4, -0.2) is 41.6 Å². The lowest BCUT2D eigenvalue weighted by molar-refractivity contribution is 0.135. The van der Waals surface area contributed by atoms with Crippen LogP contribution in [0.4, 0.5) is 4.79 Å². The van der Waals surface area contributed by atoms with Gasteiger partial charge in [-0.1, -0.05) is 30.3 Å². The van der Waals surface area contributed by atoms with Crippen LogP contribution in [-0.2, 0) is 17.8 Å². The van der Waals surface area contributed by atoms with E-state index in [-0.39, 0.29) is 17.8 Å². The molecule has 9 heteroatoms. The van der Waals surface area contributed by atoms with Crippen molar-refractivity contribution in [2.75, 3.05) is 35.5 Å². The maximum atomic E-state index is 13.2. The van der Waals surface area contributed by atoms with E-state index in [0.29, 0.717) is 41.2 Å². The van der Waals surface area contributed by atoms with Crippen LogP contribution in [0.5, 0.6) is 28.7 Å². The second kappa shape index (κ2) is 12.3. The molecule has 0 saturated carbocycles. The number of fused-ring (bicyclic) bond motifs is 4. The minimum absolute atomic E-state index is 0.0702. The van der Waals surface area contributed by atoms with Crippen molar-refractivity contribution in [1.82, 2.24) is 5.32 Å². The number of ether oxygens (including phenoxy) is 6. The first kappa shape index (κ1) is 28.6. The number of methoxy groups -OCH3 is 5. The molecule has 0 saturated heterocycles. The van der Waals surface area contributed by atoms with Crippen LogP contribution in [0.1, 0.15) is 29.2 Å². The Morgan fingerprint density at radius 2 is 1.62 bits per heavy atom. The van der Waals surface area contributed by atoms with Crippen LogP contribution in [0.3, 0.4) is 0 Å². The largest absolute Gasteiger partial charge is 0.497 e. The standard InChI is InChI=1S/C33H33NO8/c1-37-22-10-11-23-19(15-22)7-6-8-21(23)18-42-33(36)34-26-13-9-20-16-29(39-3)31(40-4)32(41-5)30(20)24-12-14-28(38-2)27(35)17-25(24)26/h6-8,10-12,14-17,26H,9,13,18H2,1-5H3,(H,34,36). The first-order valence-electron chi connectivity index (χ1n) is 13.5. The van der Waals surface area contributed by atoms with Gasteiger partial charge in [-0.2, -0.15) is 0 Å². The summed E-state index contributed by atoms with van der Waals surface area (Å²) in [5.74, 6) is 2.36. The lowest BCUT2D eigenvalue weighted by atomic mass is 9.95. The highest BCUT2D eigenvalue weighted by atomic mass is 16.5. The van der Waals surface area contributed by atoms with Crippen molar-refractivity contribution in [2.45, 2.75) is 25.5 Å². The molecule has 1 N–H and O–H groups in total. The number of carbonyl (C=O) groups is 1. The number of nitrogens with one attached hydrogen (secondary N) is 1. The number of hydrogen-bond donors (Lipinski definition) is 1. The van der Waals surface area contributed by atoms with Gasteiger partial charge in [0.15, 0.2) is 17.2 Å².